The number of fused-ring (bicyclic) bond motifs is 1. The summed E-state index contributed by atoms with van der Waals surface area (Å²) in [5, 5.41) is 5.11. The number of aryl methyl sites for hydroxylation is 1. The molecule has 3 heteroatoms. The second kappa shape index (κ2) is 4.73. The van der Waals surface area contributed by atoms with Crippen LogP contribution in [0.3, 0.4) is 0 Å². The van der Waals surface area contributed by atoms with Gasteiger partial charge in [-0.05, 0) is 25.1 Å². The van der Waals surface area contributed by atoms with Crippen molar-refractivity contribution in [1.29, 1.82) is 0 Å². The van der Waals surface area contributed by atoms with Crippen molar-refractivity contribution in [3.05, 3.63) is 30.0 Å². The van der Waals surface area contributed by atoms with Gasteiger partial charge >= 0.3 is 0 Å². The third-order valence-corrected chi connectivity index (χ3v) is 2.15. The van der Waals surface area contributed by atoms with E-state index >= 15 is 0 Å². The molecule has 0 aliphatic rings. The first kappa shape index (κ1) is 11.4. The molecule has 0 bridgehead atoms. The molecule has 0 amide bonds. The van der Waals surface area contributed by atoms with Gasteiger partial charge in [0.1, 0.15) is 0 Å². The molecule has 3 nitrogen and oxygen atoms in total. The Labute approximate surface area is 89.7 Å². The van der Waals surface area contributed by atoms with Crippen LogP contribution in [-0.4, -0.2) is 15.6 Å². The minimum Gasteiger partial charge on any atom is -0.295 e. The van der Waals surface area contributed by atoms with E-state index in [1.807, 2.05) is 39.1 Å². The molecule has 0 atom stereocenters. The largest absolute Gasteiger partial charge is 0.295 e. The lowest BCUT2D eigenvalue weighted by Gasteiger charge is -1.96. The van der Waals surface area contributed by atoms with E-state index in [4.69, 9.17) is 0 Å². The third kappa shape index (κ3) is 2.24. The second-order valence-electron chi connectivity index (χ2n) is 3.10. The summed E-state index contributed by atoms with van der Waals surface area (Å²) in [5.41, 5.74) is 1.78. The maximum atomic E-state index is 11.1. The number of rotatable bonds is 1. The van der Waals surface area contributed by atoms with Crippen LogP contribution in [0.15, 0.2) is 24.4 Å². The molecule has 0 fully saturated rings. The molecule has 2 aromatic rings. The Bertz CT molecular complexity index is 471. The summed E-state index contributed by atoms with van der Waals surface area (Å²) in [6.45, 7) is 5.57. The van der Waals surface area contributed by atoms with Gasteiger partial charge in [-0.1, -0.05) is 13.8 Å². The molecule has 1 heterocycles. The van der Waals surface area contributed by atoms with E-state index in [9.17, 15) is 4.79 Å². The number of carbonyl (C=O) groups excluding carboxylic acids is 1. The van der Waals surface area contributed by atoms with Crippen LogP contribution in [0.25, 0.3) is 10.9 Å². The monoisotopic (exact) mass is 204 g/mol. The van der Waals surface area contributed by atoms with E-state index < -0.39 is 0 Å². The topological polar surface area (TPSA) is 34.9 Å². The Kier molecular flexibility index (Phi) is 3.61. The van der Waals surface area contributed by atoms with E-state index in [0.717, 1.165) is 16.5 Å². The van der Waals surface area contributed by atoms with Gasteiger partial charge in [0, 0.05) is 18.0 Å². The normalized spacial score (nSPS) is 9.60. The highest BCUT2D eigenvalue weighted by Crippen LogP contribution is 2.14. The summed E-state index contributed by atoms with van der Waals surface area (Å²) in [4.78, 5) is 11.1. The summed E-state index contributed by atoms with van der Waals surface area (Å²) in [5.74, 6) is 0.0887. The Hall–Kier alpha value is -1.64. The number of hydrogen-bond acceptors (Lipinski definition) is 2. The van der Waals surface area contributed by atoms with Crippen molar-refractivity contribution in [2.24, 2.45) is 7.05 Å². The molecular formula is C12H16N2O. The lowest BCUT2D eigenvalue weighted by atomic mass is 10.1. The first-order valence-corrected chi connectivity index (χ1v) is 5.11. The van der Waals surface area contributed by atoms with Crippen LogP contribution < -0.4 is 0 Å². The van der Waals surface area contributed by atoms with Crippen LogP contribution in [-0.2, 0) is 7.05 Å². The van der Waals surface area contributed by atoms with E-state index in [0.29, 0.717) is 0 Å². The quantitative estimate of drug-likeness (QED) is 0.669. The SMILES string of the molecule is CC.CC(=O)c1ccc2c(cnn2C)c1. The molecule has 0 saturated carbocycles. The van der Waals surface area contributed by atoms with E-state index in [1.165, 1.54) is 0 Å². The molecule has 0 saturated heterocycles. The number of ketones is 1. The predicted molar refractivity (Wildman–Crippen MR) is 62.1 cm³/mol. The molecule has 15 heavy (non-hydrogen) atoms. The van der Waals surface area contributed by atoms with Crippen molar-refractivity contribution in [1.82, 2.24) is 9.78 Å². The summed E-state index contributed by atoms with van der Waals surface area (Å²) >= 11 is 0. The van der Waals surface area contributed by atoms with Crippen molar-refractivity contribution in [2.45, 2.75) is 20.8 Å². The van der Waals surface area contributed by atoms with E-state index in [1.54, 1.807) is 17.8 Å². The zero-order chi connectivity index (χ0) is 11.4. The van der Waals surface area contributed by atoms with Crippen molar-refractivity contribution in [3.8, 4) is 0 Å². The van der Waals surface area contributed by atoms with Gasteiger partial charge in [0.2, 0.25) is 0 Å². The smallest absolute Gasteiger partial charge is 0.159 e. The number of aromatic nitrogens is 2. The second-order valence-corrected chi connectivity index (χ2v) is 3.10. The van der Waals surface area contributed by atoms with E-state index in [2.05, 4.69) is 5.10 Å². The highest BCUT2D eigenvalue weighted by Gasteiger charge is 2.02. The Morgan fingerprint density at radius 2 is 2.00 bits per heavy atom. The van der Waals surface area contributed by atoms with Gasteiger partial charge in [-0.15, -0.1) is 0 Å². The molecule has 0 spiro atoms. The maximum Gasteiger partial charge on any atom is 0.159 e. The van der Waals surface area contributed by atoms with Gasteiger partial charge in [0.15, 0.2) is 5.78 Å². The zero-order valence-electron chi connectivity index (χ0n) is 9.61. The predicted octanol–water partition coefficient (Wildman–Crippen LogP) is 2.80. The molecular weight excluding hydrogens is 188 g/mol. The first-order valence-electron chi connectivity index (χ1n) is 5.11. The fourth-order valence-corrected chi connectivity index (χ4v) is 1.38. The van der Waals surface area contributed by atoms with Gasteiger partial charge in [-0.25, -0.2) is 0 Å². The molecule has 0 radical (unpaired) electrons. The minimum atomic E-state index is 0.0887. The average molecular weight is 204 g/mol. The molecule has 0 aliphatic heterocycles. The van der Waals surface area contributed by atoms with Crippen LogP contribution >= 0.6 is 0 Å². The molecule has 80 valence electrons. The fourth-order valence-electron chi connectivity index (χ4n) is 1.38. The van der Waals surface area contributed by atoms with Gasteiger partial charge in [-0.2, -0.15) is 5.10 Å². The fraction of sp³-hybridized carbons (Fsp3) is 0.333. The average Bonchev–Trinajstić information content (AvgIpc) is 2.63. The molecule has 2 rings (SSSR count). The molecule has 1 aromatic heterocycles. The van der Waals surface area contributed by atoms with Crippen LogP contribution in [0, 0.1) is 0 Å². The molecule has 0 aliphatic carbocycles. The number of Topliss-reactive ketones (excluding diaryl/α,β-unsaturated/α-hetero) is 1. The third-order valence-electron chi connectivity index (χ3n) is 2.15. The highest BCUT2D eigenvalue weighted by atomic mass is 16.1. The highest BCUT2D eigenvalue weighted by molar-refractivity contribution is 5.97. The van der Waals surface area contributed by atoms with Gasteiger partial charge in [-0.3, -0.25) is 9.48 Å². The van der Waals surface area contributed by atoms with E-state index in [-0.39, 0.29) is 5.78 Å². The maximum absolute atomic E-state index is 11.1. The Morgan fingerprint density at radius 3 is 2.60 bits per heavy atom. The van der Waals surface area contributed by atoms with Gasteiger partial charge in [0.05, 0.1) is 11.7 Å². The summed E-state index contributed by atoms with van der Waals surface area (Å²) in [6, 6.07) is 5.61. The number of carbonyl (C=O) groups is 1. The molecule has 0 unspecified atom stereocenters. The first-order chi connectivity index (χ1) is 7.18. The van der Waals surface area contributed by atoms with Crippen molar-refractivity contribution in [3.63, 3.8) is 0 Å². The van der Waals surface area contributed by atoms with Crippen molar-refractivity contribution >= 4 is 16.7 Å². The van der Waals surface area contributed by atoms with Gasteiger partial charge < -0.3 is 0 Å². The van der Waals surface area contributed by atoms with Crippen molar-refractivity contribution < 1.29 is 4.79 Å². The number of nitrogens with zero attached hydrogens (tertiary/aromatic N) is 2. The summed E-state index contributed by atoms with van der Waals surface area (Å²) in [6.07, 6.45) is 1.77. The lowest BCUT2D eigenvalue weighted by Crippen LogP contribution is -1.92. The minimum absolute atomic E-state index is 0.0887. The summed E-state index contributed by atoms with van der Waals surface area (Å²) in [7, 11) is 1.88. The molecule has 1 aromatic carbocycles. The Morgan fingerprint density at radius 1 is 1.33 bits per heavy atom. The lowest BCUT2D eigenvalue weighted by molar-refractivity contribution is 0.101. The van der Waals surface area contributed by atoms with Crippen LogP contribution in [0.4, 0.5) is 0 Å². The zero-order valence-corrected chi connectivity index (χ0v) is 9.61. The van der Waals surface area contributed by atoms with Gasteiger partial charge in [0.25, 0.3) is 0 Å². The number of benzene rings is 1. The molecule has 0 N–H and O–H groups in total. The summed E-state index contributed by atoms with van der Waals surface area (Å²) < 4.78 is 1.79. The van der Waals surface area contributed by atoms with Crippen LogP contribution in [0.5, 0.6) is 0 Å². The standard InChI is InChI=1S/C10H10N2O.C2H6/c1-7(13)8-3-4-10-9(5-8)6-11-12(10)2;1-2/h3-6H,1-2H3;1-2H3. The Balaban J connectivity index is 0.000000531. The van der Waals surface area contributed by atoms with Crippen molar-refractivity contribution in [2.75, 3.05) is 0 Å². The van der Waals surface area contributed by atoms with Crippen LogP contribution in [0.1, 0.15) is 31.1 Å². The van der Waals surface area contributed by atoms with Crippen LogP contribution in [0.2, 0.25) is 0 Å². The number of hydrogen-bond donors (Lipinski definition) is 0.